The highest BCUT2D eigenvalue weighted by atomic mass is 32.2. The van der Waals surface area contributed by atoms with Crippen molar-refractivity contribution >= 4 is 23.5 Å². The zero-order chi connectivity index (χ0) is 11.7. The lowest BCUT2D eigenvalue weighted by molar-refractivity contribution is 0.223. The van der Waals surface area contributed by atoms with Crippen LogP contribution in [0.15, 0.2) is 29.2 Å². The first-order valence-corrected chi connectivity index (χ1v) is 8.52. The molecule has 0 aliphatic carbocycles. The van der Waals surface area contributed by atoms with Crippen molar-refractivity contribution < 1.29 is 0 Å². The third-order valence-electron chi connectivity index (χ3n) is 3.76. The minimum absolute atomic E-state index is 0.752. The van der Waals surface area contributed by atoms with E-state index in [1.165, 1.54) is 35.2 Å². The SMILES string of the molecule is CC1CSCCN1CC1CSc2ccccc21. The van der Waals surface area contributed by atoms with Gasteiger partial charge in [0.15, 0.2) is 0 Å². The number of rotatable bonds is 2. The lowest BCUT2D eigenvalue weighted by Gasteiger charge is -2.34. The van der Waals surface area contributed by atoms with Gasteiger partial charge in [0, 0.05) is 47.2 Å². The van der Waals surface area contributed by atoms with Gasteiger partial charge in [0.2, 0.25) is 0 Å². The van der Waals surface area contributed by atoms with E-state index < -0.39 is 0 Å². The minimum Gasteiger partial charge on any atom is -0.298 e. The van der Waals surface area contributed by atoms with Gasteiger partial charge >= 0.3 is 0 Å². The van der Waals surface area contributed by atoms with Crippen LogP contribution in [0.25, 0.3) is 0 Å². The fourth-order valence-electron chi connectivity index (χ4n) is 2.70. The van der Waals surface area contributed by atoms with Gasteiger partial charge in [-0.3, -0.25) is 4.90 Å². The van der Waals surface area contributed by atoms with Gasteiger partial charge in [-0.2, -0.15) is 11.8 Å². The predicted octanol–water partition coefficient (Wildman–Crippen LogP) is 3.31. The van der Waals surface area contributed by atoms with Crippen molar-refractivity contribution in [3.05, 3.63) is 29.8 Å². The zero-order valence-corrected chi connectivity index (χ0v) is 11.9. The van der Waals surface area contributed by atoms with E-state index >= 15 is 0 Å². The number of hydrogen-bond donors (Lipinski definition) is 0. The first kappa shape index (κ1) is 11.9. The molecule has 0 N–H and O–H groups in total. The lowest BCUT2D eigenvalue weighted by atomic mass is 10.0. The Morgan fingerprint density at radius 2 is 2.18 bits per heavy atom. The third-order valence-corrected chi connectivity index (χ3v) is 6.20. The van der Waals surface area contributed by atoms with Crippen LogP contribution in [0.2, 0.25) is 0 Å². The molecule has 2 aliphatic heterocycles. The molecule has 1 nitrogen and oxygen atoms in total. The molecule has 0 radical (unpaired) electrons. The van der Waals surface area contributed by atoms with E-state index in [1.807, 2.05) is 11.8 Å². The van der Waals surface area contributed by atoms with Crippen LogP contribution in [0, 0.1) is 0 Å². The minimum atomic E-state index is 0.752. The van der Waals surface area contributed by atoms with Gasteiger partial charge in [-0.05, 0) is 18.6 Å². The van der Waals surface area contributed by atoms with E-state index in [9.17, 15) is 0 Å². The molecule has 0 saturated carbocycles. The summed E-state index contributed by atoms with van der Waals surface area (Å²) in [5.74, 6) is 4.64. The Balaban J connectivity index is 1.70. The summed E-state index contributed by atoms with van der Waals surface area (Å²) in [4.78, 5) is 4.20. The Morgan fingerprint density at radius 1 is 1.29 bits per heavy atom. The smallest absolute Gasteiger partial charge is 0.0158 e. The van der Waals surface area contributed by atoms with Crippen molar-refractivity contribution in [3.8, 4) is 0 Å². The molecule has 0 aromatic heterocycles. The topological polar surface area (TPSA) is 3.24 Å². The van der Waals surface area contributed by atoms with E-state index in [0.29, 0.717) is 0 Å². The molecule has 0 bridgehead atoms. The van der Waals surface area contributed by atoms with Crippen LogP contribution in [0.1, 0.15) is 18.4 Å². The van der Waals surface area contributed by atoms with Gasteiger partial charge < -0.3 is 0 Å². The second-order valence-corrected chi connectivity index (χ2v) is 7.18. The average molecular weight is 265 g/mol. The Kier molecular flexibility index (Phi) is 3.69. The Hall–Kier alpha value is -0.120. The number of fused-ring (bicyclic) bond motifs is 1. The number of hydrogen-bond acceptors (Lipinski definition) is 3. The number of nitrogens with zero attached hydrogens (tertiary/aromatic N) is 1. The van der Waals surface area contributed by atoms with Crippen molar-refractivity contribution in [2.24, 2.45) is 0 Å². The van der Waals surface area contributed by atoms with Gasteiger partial charge in [-0.25, -0.2) is 0 Å². The quantitative estimate of drug-likeness (QED) is 0.807. The van der Waals surface area contributed by atoms with Gasteiger partial charge in [0.25, 0.3) is 0 Å². The molecule has 17 heavy (non-hydrogen) atoms. The molecule has 3 rings (SSSR count). The summed E-state index contributed by atoms with van der Waals surface area (Å²) >= 11 is 4.14. The van der Waals surface area contributed by atoms with Crippen LogP contribution in [0.4, 0.5) is 0 Å². The molecule has 1 aromatic carbocycles. The first-order valence-electron chi connectivity index (χ1n) is 6.38. The maximum Gasteiger partial charge on any atom is 0.0158 e. The number of benzene rings is 1. The summed E-state index contributed by atoms with van der Waals surface area (Å²) in [6.45, 7) is 4.90. The fourth-order valence-corrected chi connectivity index (χ4v) is 5.02. The molecule has 1 fully saturated rings. The molecule has 2 atom stereocenters. The van der Waals surface area contributed by atoms with Crippen LogP contribution < -0.4 is 0 Å². The summed E-state index contributed by atoms with van der Waals surface area (Å²) in [5.41, 5.74) is 1.59. The Bertz CT molecular complexity index is 394. The highest BCUT2D eigenvalue weighted by Gasteiger charge is 2.27. The van der Waals surface area contributed by atoms with Crippen molar-refractivity contribution in [3.63, 3.8) is 0 Å². The van der Waals surface area contributed by atoms with E-state index in [1.54, 1.807) is 5.56 Å². The predicted molar refractivity (Wildman–Crippen MR) is 78.3 cm³/mol. The first-order chi connectivity index (χ1) is 8.34. The summed E-state index contributed by atoms with van der Waals surface area (Å²) in [6.07, 6.45) is 0. The third kappa shape index (κ3) is 2.51. The van der Waals surface area contributed by atoms with Crippen molar-refractivity contribution in [1.82, 2.24) is 4.90 Å². The standard InChI is InChI=1S/C14H19NS2/c1-11-9-16-7-6-15(11)8-12-10-17-14-5-3-2-4-13(12)14/h2-5,11-12H,6-10H2,1H3. The van der Waals surface area contributed by atoms with Gasteiger partial charge in [0.05, 0.1) is 0 Å². The van der Waals surface area contributed by atoms with Crippen LogP contribution in [-0.2, 0) is 0 Å². The van der Waals surface area contributed by atoms with Crippen molar-refractivity contribution in [1.29, 1.82) is 0 Å². The van der Waals surface area contributed by atoms with E-state index in [2.05, 4.69) is 47.9 Å². The van der Waals surface area contributed by atoms with Gasteiger partial charge in [-0.1, -0.05) is 18.2 Å². The maximum absolute atomic E-state index is 2.68. The molecular weight excluding hydrogens is 246 g/mol. The number of thioether (sulfide) groups is 2. The monoisotopic (exact) mass is 265 g/mol. The molecule has 1 aromatic rings. The van der Waals surface area contributed by atoms with Crippen LogP contribution in [0.3, 0.4) is 0 Å². The zero-order valence-electron chi connectivity index (χ0n) is 10.3. The second-order valence-electron chi connectivity index (χ2n) is 4.96. The second kappa shape index (κ2) is 5.25. The summed E-state index contributed by atoms with van der Waals surface area (Å²) in [5, 5.41) is 0. The highest BCUT2D eigenvalue weighted by Crippen LogP contribution is 2.40. The molecule has 2 unspecified atom stereocenters. The lowest BCUT2D eigenvalue weighted by Crippen LogP contribution is -2.42. The summed E-state index contributed by atoms with van der Waals surface area (Å²) in [6, 6.07) is 9.70. The highest BCUT2D eigenvalue weighted by molar-refractivity contribution is 7.99. The Labute approximate surface area is 112 Å². The van der Waals surface area contributed by atoms with Crippen molar-refractivity contribution in [2.45, 2.75) is 23.8 Å². The molecule has 1 saturated heterocycles. The van der Waals surface area contributed by atoms with Crippen LogP contribution in [0.5, 0.6) is 0 Å². The van der Waals surface area contributed by atoms with Crippen LogP contribution >= 0.6 is 23.5 Å². The van der Waals surface area contributed by atoms with Crippen LogP contribution in [-0.4, -0.2) is 41.3 Å². The van der Waals surface area contributed by atoms with E-state index in [4.69, 9.17) is 0 Å². The largest absolute Gasteiger partial charge is 0.298 e. The summed E-state index contributed by atoms with van der Waals surface area (Å²) < 4.78 is 0. The maximum atomic E-state index is 2.68. The van der Waals surface area contributed by atoms with Crippen molar-refractivity contribution in [2.75, 3.05) is 30.3 Å². The molecule has 92 valence electrons. The molecule has 0 amide bonds. The van der Waals surface area contributed by atoms with E-state index in [-0.39, 0.29) is 0 Å². The normalized spacial score (nSPS) is 29.2. The molecule has 2 aliphatic rings. The average Bonchev–Trinajstić information content (AvgIpc) is 2.76. The van der Waals surface area contributed by atoms with E-state index in [0.717, 1.165) is 12.0 Å². The molecule has 2 heterocycles. The van der Waals surface area contributed by atoms with Gasteiger partial charge in [-0.15, -0.1) is 11.8 Å². The molecule has 0 spiro atoms. The Morgan fingerprint density at radius 3 is 3.06 bits per heavy atom. The molecular formula is C14H19NS2. The summed E-state index contributed by atoms with van der Waals surface area (Å²) in [7, 11) is 0. The molecule has 3 heteroatoms. The van der Waals surface area contributed by atoms with Gasteiger partial charge in [0.1, 0.15) is 0 Å². The fraction of sp³-hybridized carbons (Fsp3) is 0.571.